The van der Waals surface area contributed by atoms with Crippen molar-refractivity contribution >= 4 is 11.4 Å². The minimum atomic E-state index is -0.397. The Morgan fingerprint density at radius 3 is 2.91 bits per heavy atom. The fourth-order valence-electron chi connectivity index (χ4n) is 2.81. The first-order chi connectivity index (χ1) is 10.7. The Balaban J connectivity index is 1.61. The lowest BCUT2D eigenvalue weighted by Gasteiger charge is -2.17. The molecule has 1 atom stereocenters. The maximum absolute atomic E-state index is 11.0. The van der Waals surface area contributed by atoms with Gasteiger partial charge in [0.2, 0.25) is 0 Å². The average Bonchev–Trinajstić information content (AvgIpc) is 2.96. The van der Waals surface area contributed by atoms with Crippen LogP contribution in [-0.2, 0) is 6.54 Å². The molecule has 1 fully saturated rings. The summed E-state index contributed by atoms with van der Waals surface area (Å²) < 4.78 is 0. The van der Waals surface area contributed by atoms with Crippen LogP contribution < -0.4 is 5.32 Å². The highest BCUT2D eigenvalue weighted by Crippen LogP contribution is 2.25. The van der Waals surface area contributed by atoms with E-state index in [-0.39, 0.29) is 11.7 Å². The number of pyridine rings is 1. The van der Waals surface area contributed by atoms with Crippen molar-refractivity contribution in [3.63, 3.8) is 0 Å². The van der Waals surface area contributed by atoms with Gasteiger partial charge in [-0.2, -0.15) is 0 Å². The van der Waals surface area contributed by atoms with Gasteiger partial charge in [-0.05, 0) is 18.1 Å². The van der Waals surface area contributed by atoms with Crippen LogP contribution in [0.15, 0.2) is 48.8 Å². The van der Waals surface area contributed by atoms with Crippen LogP contribution in [0.25, 0.3) is 0 Å². The van der Waals surface area contributed by atoms with E-state index in [1.54, 1.807) is 12.3 Å². The van der Waals surface area contributed by atoms with Crippen LogP contribution >= 0.6 is 0 Å². The highest BCUT2D eigenvalue weighted by molar-refractivity contribution is 5.60. The van der Waals surface area contributed by atoms with Gasteiger partial charge in [0.15, 0.2) is 0 Å². The molecule has 2 aromatic rings. The van der Waals surface area contributed by atoms with Crippen molar-refractivity contribution < 1.29 is 4.92 Å². The number of hydrogen-bond donors (Lipinski definition) is 1. The monoisotopic (exact) mass is 298 g/mol. The third-order valence-electron chi connectivity index (χ3n) is 3.88. The Labute approximate surface area is 128 Å². The molecule has 1 aromatic carbocycles. The molecule has 0 saturated carbocycles. The van der Waals surface area contributed by atoms with Gasteiger partial charge in [0.25, 0.3) is 0 Å². The fourth-order valence-corrected chi connectivity index (χ4v) is 2.81. The van der Waals surface area contributed by atoms with Gasteiger partial charge in [0.05, 0.1) is 4.92 Å². The molecule has 3 rings (SSSR count). The molecule has 1 aliphatic rings. The van der Waals surface area contributed by atoms with Crippen LogP contribution in [0.3, 0.4) is 0 Å². The molecule has 6 heteroatoms. The van der Waals surface area contributed by atoms with Gasteiger partial charge in [-0.15, -0.1) is 0 Å². The standard InChI is InChI=1S/C16H18N4O2/c21-20(22)16-10-17-8-6-15(16)18-14-7-9-19(12-14)11-13-4-2-1-3-5-13/h1-6,8,10,14H,7,9,11-12H2,(H,17,18). The lowest BCUT2D eigenvalue weighted by molar-refractivity contribution is -0.384. The molecule has 1 saturated heterocycles. The van der Waals surface area contributed by atoms with Crippen molar-refractivity contribution in [2.24, 2.45) is 0 Å². The predicted octanol–water partition coefficient (Wildman–Crippen LogP) is 2.68. The molecule has 1 aliphatic heterocycles. The van der Waals surface area contributed by atoms with Crippen LogP contribution in [0.5, 0.6) is 0 Å². The first kappa shape index (κ1) is 14.5. The summed E-state index contributed by atoms with van der Waals surface area (Å²) in [6.07, 6.45) is 3.84. The van der Waals surface area contributed by atoms with Crippen molar-refractivity contribution in [3.05, 3.63) is 64.5 Å². The van der Waals surface area contributed by atoms with E-state index < -0.39 is 4.92 Å². The Morgan fingerprint density at radius 2 is 2.14 bits per heavy atom. The number of anilines is 1. The fraction of sp³-hybridized carbons (Fsp3) is 0.312. The van der Waals surface area contributed by atoms with Gasteiger partial charge in [-0.25, -0.2) is 0 Å². The van der Waals surface area contributed by atoms with E-state index in [1.165, 1.54) is 11.8 Å². The second-order valence-electron chi connectivity index (χ2n) is 5.50. The summed E-state index contributed by atoms with van der Waals surface area (Å²) >= 11 is 0. The number of rotatable bonds is 5. The number of hydrogen-bond acceptors (Lipinski definition) is 5. The molecule has 1 unspecified atom stereocenters. The highest BCUT2D eigenvalue weighted by Gasteiger charge is 2.24. The normalized spacial score (nSPS) is 18.3. The van der Waals surface area contributed by atoms with Gasteiger partial charge < -0.3 is 5.32 Å². The van der Waals surface area contributed by atoms with Crippen LogP contribution in [0.4, 0.5) is 11.4 Å². The summed E-state index contributed by atoms with van der Waals surface area (Å²) in [6.45, 7) is 2.79. The molecule has 0 aliphatic carbocycles. The van der Waals surface area contributed by atoms with E-state index in [1.807, 2.05) is 18.2 Å². The SMILES string of the molecule is O=[N+]([O-])c1cnccc1NC1CCN(Cc2ccccc2)C1. The zero-order valence-electron chi connectivity index (χ0n) is 12.2. The Hall–Kier alpha value is -2.47. The molecule has 0 radical (unpaired) electrons. The van der Waals surface area contributed by atoms with E-state index in [0.717, 1.165) is 26.1 Å². The lowest BCUT2D eigenvalue weighted by atomic mass is 10.2. The molecule has 22 heavy (non-hydrogen) atoms. The summed E-state index contributed by atoms with van der Waals surface area (Å²) in [5.74, 6) is 0. The molecule has 0 bridgehead atoms. The number of benzene rings is 1. The Kier molecular flexibility index (Phi) is 4.29. The number of nitro groups is 1. The number of aromatic nitrogens is 1. The zero-order valence-corrected chi connectivity index (χ0v) is 12.2. The third-order valence-corrected chi connectivity index (χ3v) is 3.88. The Morgan fingerprint density at radius 1 is 1.32 bits per heavy atom. The average molecular weight is 298 g/mol. The van der Waals surface area contributed by atoms with Crippen LogP contribution in [0.1, 0.15) is 12.0 Å². The van der Waals surface area contributed by atoms with Crippen LogP contribution in [-0.4, -0.2) is 33.9 Å². The van der Waals surface area contributed by atoms with Crippen molar-refractivity contribution in [2.75, 3.05) is 18.4 Å². The van der Waals surface area contributed by atoms with Crippen molar-refractivity contribution in [1.29, 1.82) is 0 Å². The lowest BCUT2D eigenvalue weighted by Crippen LogP contribution is -2.26. The number of nitrogens with one attached hydrogen (secondary N) is 1. The van der Waals surface area contributed by atoms with Crippen molar-refractivity contribution in [1.82, 2.24) is 9.88 Å². The van der Waals surface area contributed by atoms with Gasteiger partial charge in [-0.1, -0.05) is 30.3 Å². The molecule has 0 spiro atoms. The first-order valence-electron chi connectivity index (χ1n) is 7.33. The smallest absolute Gasteiger partial charge is 0.310 e. The van der Waals surface area contributed by atoms with E-state index in [0.29, 0.717) is 5.69 Å². The molecular weight excluding hydrogens is 280 g/mol. The molecule has 114 valence electrons. The topological polar surface area (TPSA) is 71.3 Å². The maximum atomic E-state index is 11.0. The van der Waals surface area contributed by atoms with E-state index in [4.69, 9.17) is 0 Å². The molecule has 1 aromatic heterocycles. The van der Waals surface area contributed by atoms with Gasteiger partial charge in [0, 0.05) is 31.9 Å². The van der Waals surface area contributed by atoms with Gasteiger partial charge >= 0.3 is 5.69 Å². The summed E-state index contributed by atoms with van der Waals surface area (Å²) in [5, 5.41) is 14.3. The van der Waals surface area contributed by atoms with Crippen LogP contribution in [0, 0.1) is 10.1 Å². The van der Waals surface area contributed by atoms with Crippen molar-refractivity contribution in [3.8, 4) is 0 Å². The molecule has 6 nitrogen and oxygen atoms in total. The summed E-state index contributed by atoms with van der Waals surface area (Å²) in [5.41, 5.74) is 1.87. The third kappa shape index (κ3) is 3.40. The summed E-state index contributed by atoms with van der Waals surface area (Å²) in [6, 6.07) is 12.2. The summed E-state index contributed by atoms with van der Waals surface area (Å²) in [7, 11) is 0. The second-order valence-corrected chi connectivity index (χ2v) is 5.50. The van der Waals surface area contributed by atoms with Crippen LogP contribution in [0.2, 0.25) is 0 Å². The molecule has 1 N–H and O–H groups in total. The second kappa shape index (κ2) is 6.53. The van der Waals surface area contributed by atoms with Gasteiger partial charge in [-0.3, -0.25) is 20.0 Å². The van der Waals surface area contributed by atoms with E-state index >= 15 is 0 Å². The first-order valence-corrected chi connectivity index (χ1v) is 7.33. The molecular formula is C16H18N4O2. The number of nitrogens with zero attached hydrogens (tertiary/aromatic N) is 3. The van der Waals surface area contributed by atoms with Gasteiger partial charge in [0.1, 0.15) is 11.9 Å². The molecule has 2 heterocycles. The zero-order chi connectivity index (χ0) is 15.4. The molecule has 0 amide bonds. The van der Waals surface area contributed by atoms with E-state index in [9.17, 15) is 10.1 Å². The Bertz CT molecular complexity index is 648. The van der Waals surface area contributed by atoms with Crippen molar-refractivity contribution in [2.45, 2.75) is 19.0 Å². The minimum Gasteiger partial charge on any atom is -0.375 e. The predicted molar refractivity (Wildman–Crippen MR) is 84.6 cm³/mol. The van der Waals surface area contributed by atoms with E-state index in [2.05, 4.69) is 27.3 Å². The number of likely N-dealkylation sites (tertiary alicyclic amines) is 1. The maximum Gasteiger partial charge on any atom is 0.310 e. The quantitative estimate of drug-likeness (QED) is 0.679. The summed E-state index contributed by atoms with van der Waals surface area (Å²) in [4.78, 5) is 16.8. The highest BCUT2D eigenvalue weighted by atomic mass is 16.6. The largest absolute Gasteiger partial charge is 0.375 e. The minimum absolute atomic E-state index is 0.0315.